The van der Waals surface area contributed by atoms with Crippen LogP contribution in [0.5, 0.6) is 0 Å². The molecular formula is C18H27NO5. The molecule has 1 N–H and O–H groups in total. The third-order valence-electron chi connectivity index (χ3n) is 3.48. The van der Waals surface area contributed by atoms with E-state index in [1.54, 1.807) is 39.8 Å². The van der Waals surface area contributed by atoms with E-state index in [1.165, 1.54) is 12.1 Å². The van der Waals surface area contributed by atoms with Crippen molar-refractivity contribution in [1.29, 1.82) is 0 Å². The zero-order chi connectivity index (χ0) is 18.5. The molecule has 1 aromatic rings. The predicted molar refractivity (Wildman–Crippen MR) is 91.7 cm³/mol. The average Bonchev–Trinajstić information content (AvgIpc) is 2.52. The third kappa shape index (κ3) is 4.47. The van der Waals surface area contributed by atoms with E-state index in [0.717, 1.165) is 12.2 Å². The van der Waals surface area contributed by atoms with Gasteiger partial charge < -0.3 is 19.5 Å². The van der Waals surface area contributed by atoms with Gasteiger partial charge in [-0.1, -0.05) is 12.1 Å². The van der Waals surface area contributed by atoms with Gasteiger partial charge in [0.1, 0.15) is 0 Å². The van der Waals surface area contributed by atoms with Crippen LogP contribution in [-0.4, -0.2) is 42.8 Å². The minimum absolute atomic E-state index is 0.118. The van der Waals surface area contributed by atoms with Gasteiger partial charge in [-0.15, -0.1) is 0 Å². The highest BCUT2D eigenvalue weighted by atomic mass is 16.6. The number of carbonyl (C=O) groups excluding carboxylic acids is 2. The van der Waals surface area contributed by atoms with Crippen LogP contribution in [0.15, 0.2) is 24.3 Å². The van der Waals surface area contributed by atoms with Crippen molar-refractivity contribution >= 4 is 17.6 Å². The SMILES string of the molecule is CCN(C)c1ccc(C(O)(C(=O)OC(C)C)C(=O)OC(C)C)cc1. The molecule has 0 heterocycles. The van der Waals surface area contributed by atoms with Gasteiger partial charge in [0.15, 0.2) is 0 Å². The minimum atomic E-state index is -2.49. The van der Waals surface area contributed by atoms with Gasteiger partial charge in [-0.3, -0.25) is 0 Å². The molecule has 0 saturated heterocycles. The van der Waals surface area contributed by atoms with Crippen LogP contribution >= 0.6 is 0 Å². The Bertz CT molecular complexity index is 543. The number of ether oxygens (including phenoxy) is 2. The van der Waals surface area contributed by atoms with E-state index in [1.807, 2.05) is 18.9 Å². The first-order chi connectivity index (χ1) is 11.1. The number of esters is 2. The first-order valence-electron chi connectivity index (χ1n) is 8.09. The van der Waals surface area contributed by atoms with Gasteiger partial charge in [-0.2, -0.15) is 0 Å². The first kappa shape index (κ1) is 20.0. The highest BCUT2D eigenvalue weighted by molar-refractivity contribution is 6.04. The van der Waals surface area contributed by atoms with Gasteiger partial charge in [0, 0.05) is 24.8 Å². The van der Waals surface area contributed by atoms with Crippen molar-refractivity contribution in [2.75, 3.05) is 18.5 Å². The molecule has 0 aromatic heterocycles. The summed E-state index contributed by atoms with van der Waals surface area (Å²) >= 11 is 0. The van der Waals surface area contributed by atoms with E-state index >= 15 is 0 Å². The van der Waals surface area contributed by atoms with Crippen LogP contribution in [0.2, 0.25) is 0 Å². The van der Waals surface area contributed by atoms with Gasteiger partial charge >= 0.3 is 11.9 Å². The van der Waals surface area contributed by atoms with Gasteiger partial charge in [0.25, 0.3) is 5.60 Å². The number of aliphatic hydroxyl groups is 1. The van der Waals surface area contributed by atoms with Crippen LogP contribution in [-0.2, 0) is 24.7 Å². The lowest BCUT2D eigenvalue weighted by atomic mass is 9.93. The summed E-state index contributed by atoms with van der Waals surface area (Å²) in [7, 11) is 1.92. The molecule has 0 aliphatic carbocycles. The molecule has 0 fully saturated rings. The Hall–Kier alpha value is -2.08. The number of benzene rings is 1. The summed E-state index contributed by atoms with van der Waals surface area (Å²) in [6.45, 7) is 9.38. The Labute approximate surface area is 143 Å². The van der Waals surface area contributed by atoms with Crippen LogP contribution in [0.1, 0.15) is 40.2 Å². The maximum absolute atomic E-state index is 12.4. The normalized spacial score (nSPS) is 11.5. The maximum Gasteiger partial charge on any atom is 0.355 e. The molecule has 0 aliphatic heterocycles. The topological polar surface area (TPSA) is 76.1 Å². The fourth-order valence-electron chi connectivity index (χ4n) is 2.06. The zero-order valence-corrected chi connectivity index (χ0v) is 15.2. The summed E-state index contributed by atoms with van der Waals surface area (Å²) < 4.78 is 10.1. The van der Waals surface area contributed by atoms with Gasteiger partial charge in [0.05, 0.1) is 12.2 Å². The molecule has 0 spiro atoms. The quantitative estimate of drug-likeness (QED) is 0.607. The fourth-order valence-corrected chi connectivity index (χ4v) is 2.06. The lowest BCUT2D eigenvalue weighted by Crippen LogP contribution is -2.47. The maximum atomic E-state index is 12.4. The van der Waals surface area contributed by atoms with Crippen LogP contribution in [0.3, 0.4) is 0 Å². The number of hydrogen-bond donors (Lipinski definition) is 1. The summed E-state index contributed by atoms with van der Waals surface area (Å²) in [6, 6.07) is 6.53. The van der Waals surface area contributed by atoms with Gasteiger partial charge in [0.2, 0.25) is 0 Å². The lowest BCUT2D eigenvalue weighted by molar-refractivity contribution is -0.189. The number of anilines is 1. The van der Waals surface area contributed by atoms with E-state index in [-0.39, 0.29) is 5.56 Å². The Morgan fingerprint density at radius 3 is 1.79 bits per heavy atom. The second-order valence-corrected chi connectivity index (χ2v) is 6.18. The van der Waals surface area contributed by atoms with E-state index in [2.05, 4.69) is 0 Å². The second-order valence-electron chi connectivity index (χ2n) is 6.18. The van der Waals surface area contributed by atoms with Crippen molar-refractivity contribution in [3.05, 3.63) is 29.8 Å². The number of carbonyl (C=O) groups is 2. The summed E-state index contributed by atoms with van der Waals surface area (Å²) in [6.07, 6.45) is -0.942. The third-order valence-corrected chi connectivity index (χ3v) is 3.48. The largest absolute Gasteiger partial charge is 0.460 e. The number of nitrogens with zero attached hydrogens (tertiary/aromatic N) is 1. The molecule has 0 aliphatic rings. The van der Waals surface area contributed by atoms with E-state index in [4.69, 9.17) is 9.47 Å². The van der Waals surface area contributed by atoms with E-state index in [9.17, 15) is 14.7 Å². The Kier molecular flexibility index (Phi) is 6.78. The van der Waals surface area contributed by atoms with E-state index < -0.39 is 29.7 Å². The van der Waals surface area contributed by atoms with Gasteiger partial charge in [-0.25, -0.2) is 9.59 Å². The molecule has 0 bridgehead atoms. The summed E-state index contributed by atoms with van der Waals surface area (Å²) in [4.78, 5) is 26.8. The molecule has 0 amide bonds. The zero-order valence-electron chi connectivity index (χ0n) is 15.2. The standard InChI is InChI=1S/C18H27NO5/c1-7-19(6)15-10-8-14(9-11-15)18(22,16(20)23-12(2)3)17(21)24-13(4)5/h8-13,22H,7H2,1-6H3. The van der Waals surface area contributed by atoms with E-state index in [0.29, 0.717) is 0 Å². The van der Waals surface area contributed by atoms with Crippen LogP contribution in [0.4, 0.5) is 5.69 Å². The van der Waals surface area contributed by atoms with Crippen molar-refractivity contribution < 1.29 is 24.2 Å². The highest BCUT2D eigenvalue weighted by Crippen LogP contribution is 2.28. The number of hydrogen-bond acceptors (Lipinski definition) is 6. The van der Waals surface area contributed by atoms with Crippen molar-refractivity contribution in [1.82, 2.24) is 0 Å². The number of rotatable bonds is 7. The Balaban J connectivity index is 3.26. The Morgan fingerprint density at radius 2 is 1.46 bits per heavy atom. The molecule has 0 radical (unpaired) electrons. The van der Waals surface area contributed by atoms with Crippen molar-refractivity contribution in [3.8, 4) is 0 Å². The molecule has 6 nitrogen and oxygen atoms in total. The van der Waals surface area contributed by atoms with Crippen LogP contribution < -0.4 is 4.90 Å². The van der Waals surface area contributed by atoms with Crippen LogP contribution in [0.25, 0.3) is 0 Å². The summed E-state index contributed by atoms with van der Waals surface area (Å²) in [5, 5.41) is 10.8. The lowest BCUT2D eigenvalue weighted by Gasteiger charge is -2.27. The molecule has 1 rings (SSSR count). The average molecular weight is 337 g/mol. The van der Waals surface area contributed by atoms with Gasteiger partial charge in [-0.05, 0) is 46.8 Å². The molecule has 0 unspecified atom stereocenters. The minimum Gasteiger partial charge on any atom is -0.460 e. The first-order valence-corrected chi connectivity index (χ1v) is 8.09. The molecule has 24 heavy (non-hydrogen) atoms. The van der Waals surface area contributed by atoms with Crippen LogP contribution in [0, 0.1) is 0 Å². The second kappa shape index (κ2) is 8.15. The van der Waals surface area contributed by atoms with Crippen molar-refractivity contribution in [3.63, 3.8) is 0 Å². The summed E-state index contributed by atoms with van der Waals surface area (Å²) in [5.41, 5.74) is -1.47. The molecular weight excluding hydrogens is 310 g/mol. The molecule has 0 saturated carbocycles. The monoisotopic (exact) mass is 337 g/mol. The molecule has 134 valence electrons. The molecule has 1 aromatic carbocycles. The molecule has 0 atom stereocenters. The fraction of sp³-hybridized carbons (Fsp3) is 0.556. The smallest absolute Gasteiger partial charge is 0.355 e. The summed E-state index contributed by atoms with van der Waals surface area (Å²) in [5.74, 6) is -2.08. The highest BCUT2D eigenvalue weighted by Gasteiger charge is 2.50. The molecule has 6 heteroatoms. The van der Waals surface area contributed by atoms with Crippen molar-refractivity contribution in [2.24, 2.45) is 0 Å². The van der Waals surface area contributed by atoms with Crippen molar-refractivity contribution in [2.45, 2.75) is 52.4 Å². The predicted octanol–water partition coefficient (Wildman–Crippen LogP) is 2.23. The Morgan fingerprint density at radius 1 is 1.04 bits per heavy atom.